The molecule has 1 heterocycles. The number of amidine groups is 1. The molecule has 0 unspecified atom stereocenters. The lowest BCUT2D eigenvalue weighted by molar-refractivity contribution is 0.540. The van der Waals surface area contributed by atoms with Crippen molar-refractivity contribution >= 4 is 28.7 Å². The van der Waals surface area contributed by atoms with Crippen molar-refractivity contribution in [1.82, 2.24) is 5.32 Å². The van der Waals surface area contributed by atoms with Gasteiger partial charge in [0.05, 0.1) is 0 Å². The first kappa shape index (κ1) is 23.1. The molecule has 0 saturated heterocycles. The molecule has 0 spiro atoms. The van der Waals surface area contributed by atoms with Gasteiger partial charge in [0.25, 0.3) is 0 Å². The average Bonchev–Trinajstić information content (AvgIpc) is 3.11. The minimum absolute atomic E-state index is 0.0554. The molecule has 0 bridgehead atoms. The highest BCUT2D eigenvalue weighted by atomic mass is 16.3. The fourth-order valence-corrected chi connectivity index (χ4v) is 3.09. The van der Waals surface area contributed by atoms with E-state index in [1.54, 1.807) is 6.07 Å². The van der Waals surface area contributed by atoms with Gasteiger partial charge in [0, 0.05) is 37.0 Å². The van der Waals surface area contributed by atoms with E-state index < -0.39 is 0 Å². The minimum atomic E-state index is 0.0554. The summed E-state index contributed by atoms with van der Waals surface area (Å²) >= 11 is 0. The molecule has 0 aliphatic carbocycles. The zero-order valence-corrected chi connectivity index (χ0v) is 17.5. The van der Waals surface area contributed by atoms with Gasteiger partial charge in [0.15, 0.2) is 11.9 Å². The summed E-state index contributed by atoms with van der Waals surface area (Å²) < 4.78 is 5.82. The third-order valence-corrected chi connectivity index (χ3v) is 4.68. The van der Waals surface area contributed by atoms with Gasteiger partial charge >= 0.3 is 0 Å². The van der Waals surface area contributed by atoms with Crippen LogP contribution in [0.25, 0.3) is 11.0 Å². The summed E-state index contributed by atoms with van der Waals surface area (Å²) in [5, 5.41) is 11.6. The van der Waals surface area contributed by atoms with Gasteiger partial charge in [0.1, 0.15) is 17.2 Å². The van der Waals surface area contributed by atoms with E-state index in [1.165, 1.54) is 0 Å². The van der Waals surface area contributed by atoms with Crippen LogP contribution in [0, 0.1) is 5.41 Å². The Kier molecular flexibility index (Phi) is 9.50. The zero-order chi connectivity index (χ0) is 21.8. The van der Waals surface area contributed by atoms with Gasteiger partial charge in [-0.05, 0) is 43.5 Å². The molecular formula is C21H34N8O. The number of nitrogens with one attached hydrogen (secondary N) is 2. The largest absolute Gasteiger partial charge is 0.461 e. The number of guanidine groups is 2. The average molecular weight is 415 g/mol. The Morgan fingerprint density at radius 2 is 1.63 bits per heavy atom. The second-order valence-corrected chi connectivity index (χ2v) is 7.25. The van der Waals surface area contributed by atoms with Crippen LogP contribution in [0.3, 0.4) is 0 Å². The Bertz CT molecular complexity index is 867. The third-order valence-electron chi connectivity index (χ3n) is 4.68. The van der Waals surface area contributed by atoms with E-state index in [2.05, 4.69) is 15.3 Å². The predicted molar refractivity (Wildman–Crippen MR) is 124 cm³/mol. The molecule has 0 fully saturated rings. The molecule has 0 amide bonds. The number of fused-ring (bicyclic) bond motifs is 1. The molecular weight excluding hydrogens is 380 g/mol. The molecule has 9 nitrogen and oxygen atoms in total. The lowest BCUT2D eigenvalue weighted by atomic mass is 10.1. The summed E-state index contributed by atoms with van der Waals surface area (Å²) in [6.07, 6.45) is 7.11. The van der Waals surface area contributed by atoms with E-state index >= 15 is 0 Å². The smallest absolute Gasteiger partial charge is 0.188 e. The molecule has 2 aromatic rings. The zero-order valence-electron chi connectivity index (χ0n) is 17.5. The molecule has 0 aliphatic heterocycles. The van der Waals surface area contributed by atoms with Crippen LogP contribution in [0.4, 0.5) is 0 Å². The summed E-state index contributed by atoms with van der Waals surface area (Å²) in [6, 6.07) is 7.50. The quantitative estimate of drug-likeness (QED) is 0.165. The fraction of sp³-hybridized carbons (Fsp3) is 0.476. The van der Waals surface area contributed by atoms with Gasteiger partial charge in [-0.1, -0.05) is 19.3 Å². The van der Waals surface area contributed by atoms with Crippen LogP contribution < -0.4 is 28.3 Å². The highest BCUT2D eigenvalue weighted by Gasteiger charge is 2.06. The number of aryl methyl sites for hydroxylation is 1. The van der Waals surface area contributed by atoms with E-state index in [0.29, 0.717) is 24.6 Å². The van der Waals surface area contributed by atoms with E-state index in [9.17, 15) is 0 Å². The lowest BCUT2D eigenvalue weighted by Crippen LogP contribution is -2.32. The highest BCUT2D eigenvalue weighted by molar-refractivity contribution is 5.98. The van der Waals surface area contributed by atoms with Crippen LogP contribution in [0.2, 0.25) is 0 Å². The normalized spacial score (nSPS) is 11.5. The molecule has 0 aliphatic rings. The standard InChI is InChI=1S/C21H34N8O/c22-19(23)15-8-9-18-16(13-15)14-17(30-18)7-6-12-29-21(26)28-11-5-3-1-2-4-10-27-20(24)25/h8-9,13-14H,1-7,10-12H2,(H3,22,23)(H4,24,25,27)(H3,26,28,29). The maximum Gasteiger partial charge on any atom is 0.188 e. The van der Waals surface area contributed by atoms with Crippen molar-refractivity contribution in [2.24, 2.45) is 32.9 Å². The number of hydrogen-bond donors (Lipinski definition) is 6. The summed E-state index contributed by atoms with van der Waals surface area (Å²) in [6.45, 7) is 2.17. The van der Waals surface area contributed by atoms with E-state index in [-0.39, 0.29) is 11.8 Å². The fourth-order valence-electron chi connectivity index (χ4n) is 3.09. The molecule has 164 valence electrons. The molecule has 0 saturated carbocycles. The minimum Gasteiger partial charge on any atom is -0.461 e. The number of hydrogen-bond acceptors (Lipinski definition) is 4. The van der Waals surface area contributed by atoms with Crippen LogP contribution in [0.1, 0.15) is 49.8 Å². The number of aliphatic imine (C=N–C) groups is 2. The maximum atomic E-state index is 7.51. The van der Waals surface area contributed by atoms with Crippen molar-refractivity contribution in [3.63, 3.8) is 0 Å². The van der Waals surface area contributed by atoms with Crippen LogP contribution in [0.15, 0.2) is 38.7 Å². The SMILES string of the molecule is N=C(N)c1ccc2oc(CCCN=C(N)NCCCCCCCN=C(N)N)cc2c1. The number of nitrogens with zero attached hydrogens (tertiary/aromatic N) is 2. The van der Waals surface area contributed by atoms with Gasteiger partial charge in [0.2, 0.25) is 0 Å². The first-order valence-electron chi connectivity index (χ1n) is 10.4. The van der Waals surface area contributed by atoms with Crippen molar-refractivity contribution in [2.45, 2.75) is 44.9 Å². The third kappa shape index (κ3) is 8.42. The summed E-state index contributed by atoms with van der Waals surface area (Å²) in [5.74, 6) is 1.60. The molecule has 10 N–H and O–H groups in total. The van der Waals surface area contributed by atoms with Gasteiger partial charge in [-0.3, -0.25) is 15.4 Å². The van der Waals surface area contributed by atoms with Gasteiger partial charge in [-0.2, -0.15) is 0 Å². The molecule has 1 aromatic carbocycles. The Morgan fingerprint density at radius 1 is 0.900 bits per heavy atom. The number of rotatable bonds is 13. The number of unbranched alkanes of at least 4 members (excludes halogenated alkanes) is 4. The lowest BCUT2D eigenvalue weighted by Gasteiger charge is -2.05. The first-order chi connectivity index (χ1) is 14.5. The topological polar surface area (TPSA) is 178 Å². The van der Waals surface area contributed by atoms with Crippen molar-refractivity contribution in [3.05, 3.63) is 35.6 Å². The second-order valence-electron chi connectivity index (χ2n) is 7.25. The molecule has 0 radical (unpaired) electrons. The number of benzene rings is 1. The second kappa shape index (κ2) is 12.4. The molecule has 2 rings (SSSR count). The number of furan rings is 1. The predicted octanol–water partition coefficient (Wildman–Crippen LogP) is 1.78. The first-order valence-corrected chi connectivity index (χ1v) is 10.4. The van der Waals surface area contributed by atoms with Crippen molar-refractivity contribution in [1.29, 1.82) is 5.41 Å². The Morgan fingerprint density at radius 3 is 2.40 bits per heavy atom. The number of nitrogen functional groups attached to an aromatic ring is 1. The maximum absolute atomic E-state index is 7.51. The van der Waals surface area contributed by atoms with Crippen molar-refractivity contribution in [2.75, 3.05) is 19.6 Å². The van der Waals surface area contributed by atoms with Crippen LogP contribution in [-0.4, -0.2) is 37.4 Å². The number of nitrogens with two attached hydrogens (primary N) is 4. The van der Waals surface area contributed by atoms with Gasteiger partial charge < -0.3 is 32.7 Å². The van der Waals surface area contributed by atoms with Gasteiger partial charge in [-0.15, -0.1) is 0 Å². The molecule has 1 aromatic heterocycles. The Hall–Kier alpha value is -3.23. The van der Waals surface area contributed by atoms with Crippen LogP contribution in [-0.2, 0) is 6.42 Å². The van der Waals surface area contributed by atoms with E-state index in [1.807, 2.05) is 18.2 Å². The monoisotopic (exact) mass is 414 g/mol. The van der Waals surface area contributed by atoms with Crippen LogP contribution >= 0.6 is 0 Å². The molecule has 30 heavy (non-hydrogen) atoms. The summed E-state index contributed by atoms with van der Waals surface area (Å²) in [5.41, 5.74) is 23.5. The molecule has 9 heteroatoms. The Labute approximate surface area is 177 Å². The van der Waals surface area contributed by atoms with Crippen LogP contribution in [0.5, 0.6) is 0 Å². The van der Waals surface area contributed by atoms with Crippen molar-refractivity contribution < 1.29 is 4.42 Å². The summed E-state index contributed by atoms with van der Waals surface area (Å²) in [7, 11) is 0. The Balaban J connectivity index is 1.57. The van der Waals surface area contributed by atoms with E-state index in [4.69, 9.17) is 32.8 Å². The van der Waals surface area contributed by atoms with Crippen molar-refractivity contribution in [3.8, 4) is 0 Å². The molecule has 0 atom stereocenters. The van der Waals surface area contributed by atoms with E-state index in [0.717, 1.165) is 68.2 Å². The van der Waals surface area contributed by atoms with Gasteiger partial charge in [-0.25, -0.2) is 0 Å². The highest BCUT2D eigenvalue weighted by Crippen LogP contribution is 2.21. The summed E-state index contributed by atoms with van der Waals surface area (Å²) in [4.78, 5) is 8.33.